The highest BCUT2D eigenvalue weighted by molar-refractivity contribution is 5.85. The molecule has 1 aromatic carbocycles. The van der Waals surface area contributed by atoms with Gasteiger partial charge in [-0.05, 0) is 17.7 Å². The van der Waals surface area contributed by atoms with Crippen molar-refractivity contribution >= 4 is 24.8 Å². The van der Waals surface area contributed by atoms with Crippen molar-refractivity contribution in [3.05, 3.63) is 29.6 Å². The summed E-state index contributed by atoms with van der Waals surface area (Å²) in [6.07, 6.45) is -4.49. The van der Waals surface area contributed by atoms with Gasteiger partial charge >= 0.3 is 6.18 Å². The predicted molar refractivity (Wildman–Crippen MR) is 75.8 cm³/mol. The molecule has 1 atom stereocenters. The Labute approximate surface area is 132 Å². The first-order valence-corrected chi connectivity index (χ1v) is 5.89. The van der Waals surface area contributed by atoms with Gasteiger partial charge in [-0.25, -0.2) is 4.39 Å². The molecular weight excluding hydrogens is 335 g/mol. The van der Waals surface area contributed by atoms with Gasteiger partial charge in [-0.1, -0.05) is 6.07 Å². The Balaban J connectivity index is 0.00000200. The molecule has 1 heterocycles. The summed E-state index contributed by atoms with van der Waals surface area (Å²) in [4.78, 5) is 1.27. The van der Waals surface area contributed by atoms with Crippen LogP contribution >= 0.6 is 24.8 Å². The molecule has 2 N–H and O–H groups in total. The number of phenols is 1. The average molecular weight is 351 g/mol. The van der Waals surface area contributed by atoms with Crippen LogP contribution in [0.3, 0.4) is 0 Å². The van der Waals surface area contributed by atoms with Crippen LogP contribution in [0.5, 0.6) is 5.75 Å². The lowest BCUT2D eigenvalue weighted by atomic mass is 10.0. The van der Waals surface area contributed by atoms with E-state index in [1.54, 1.807) is 0 Å². The Morgan fingerprint density at radius 2 is 1.71 bits per heavy atom. The number of alkyl halides is 3. The Morgan fingerprint density at radius 3 is 2.19 bits per heavy atom. The molecule has 0 spiro atoms. The lowest BCUT2D eigenvalue weighted by Crippen LogP contribution is -2.49. The van der Waals surface area contributed by atoms with E-state index >= 15 is 0 Å². The molecule has 0 aromatic heterocycles. The zero-order chi connectivity index (χ0) is 14.0. The zero-order valence-electron chi connectivity index (χ0n) is 10.9. The third kappa shape index (κ3) is 4.88. The summed E-state index contributed by atoms with van der Waals surface area (Å²) in [6.45, 7) is 1.42. The molecular formula is C12H16Cl2F4N2O. The highest BCUT2D eigenvalue weighted by atomic mass is 35.5. The summed E-state index contributed by atoms with van der Waals surface area (Å²) in [5, 5.41) is 12.0. The van der Waals surface area contributed by atoms with E-state index in [2.05, 4.69) is 5.32 Å². The standard InChI is InChI=1S/C12H14F4N2O.2ClH/c13-9-7-8(1-2-10(9)19)11(12(14,15)16)18-5-3-17-4-6-18;;/h1-2,7,11,17,19H,3-6H2;2*1H/t11-;;/m1../s1. The van der Waals surface area contributed by atoms with E-state index < -0.39 is 23.8 Å². The monoisotopic (exact) mass is 350 g/mol. The number of hydrogen-bond acceptors (Lipinski definition) is 3. The maximum Gasteiger partial charge on any atom is 0.408 e. The number of rotatable bonds is 2. The number of piperazine rings is 1. The Kier molecular flexibility index (Phi) is 7.74. The predicted octanol–water partition coefficient (Wildman–Crippen LogP) is 2.88. The average Bonchev–Trinajstić information content (AvgIpc) is 2.34. The molecule has 1 aliphatic rings. The Morgan fingerprint density at radius 1 is 1.14 bits per heavy atom. The number of nitrogens with one attached hydrogen (secondary N) is 1. The van der Waals surface area contributed by atoms with Gasteiger partial charge in [0.25, 0.3) is 0 Å². The fourth-order valence-corrected chi connectivity index (χ4v) is 2.24. The minimum Gasteiger partial charge on any atom is -0.505 e. The quantitative estimate of drug-likeness (QED) is 0.805. The number of aromatic hydroxyl groups is 1. The van der Waals surface area contributed by atoms with Crippen LogP contribution in [0.4, 0.5) is 17.6 Å². The number of benzene rings is 1. The maximum absolute atomic E-state index is 13.2. The second-order valence-corrected chi connectivity index (χ2v) is 4.44. The third-order valence-electron chi connectivity index (χ3n) is 3.11. The minimum absolute atomic E-state index is 0. The van der Waals surface area contributed by atoms with Crippen molar-refractivity contribution < 1.29 is 22.7 Å². The molecule has 21 heavy (non-hydrogen) atoms. The van der Waals surface area contributed by atoms with Gasteiger partial charge in [-0.15, -0.1) is 24.8 Å². The zero-order valence-corrected chi connectivity index (χ0v) is 12.5. The summed E-state index contributed by atoms with van der Waals surface area (Å²) in [7, 11) is 0. The summed E-state index contributed by atoms with van der Waals surface area (Å²) < 4.78 is 52.8. The number of nitrogens with zero attached hydrogens (tertiary/aromatic N) is 1. The molecule has 1 aliphatic heterocycles. The molecule has 3 nitrogen and oxygen atoms in total. The maximum atomic E-state index is 13.2. The van der Waals surface area contributed by atoms with Crippen molar-refractivity contribution in [3.63, 3.8) is 0 Å². The van der Waals surface area contributed by atoms with Crippen LogP contribution in [0.15, 0.2) is 18.2 Å². The van der Waals surface area contributed by atoms with Gasteiger partial charge in [-0.2, -0.15) is 13.2 Å². The van der Waals surface area contributed by atoms with Gasteiger partial charge < -0.3 is 10.4 Å². The van der Waals surface area contributed by atoms with E-state index in [0.29, 0.717) is 13.1 Å². The third-order valence-corrected chi connectivity index (χ3v) is 3.11. The van der Waals surface area contributed by atoms with Crippen LogP contribution in [0.1, 0.15) is 11.6 Å². The van der Waals surface area contributed by atoms with Crippen LogP contribution in [-0.2, 0) is 0 Å². The fraction of sp³-hybridized carbons (Fsp3) is 0.500. The largest absolute Gasteiger partial charge is 0.505 e. The smallest absolute Gasteiger partial charge is 0.408 e. The SMILES string of the molecule is Cl.Cl.Oc1ccc([C@@H](N2CCNCC2)C(F)(F)F)cc1F. The molecule has 0 saturated carbocycles. The number of phenolic OH excluding ortho intramolecular Hbond substituents is 1. The molecule has 1 fully saturated rings. The van der Waals surface area contributed by atoms with Crippen LogP contribution in [-0.4, -0.2) is 42.4 Å². The lowest BCUT2D eigenvalue weighted by Gasteiger charge is -2.36. The van der Waals surface area contributed by atoms with Crippen LogP contribution < -0.4 is 5.32 Å². The van der Waals surface area contributed by atoms with Crippen LogP contribution in [0.2, 0.25) is 0 Å². The van der Waals surface area contributed by atoms with E-state index in [1.807, 2.05) is 0 Å². The van der Waals surface area contributed by atoms with Gasteiger partial charge in [0.15, 0.2) is 11.6 Å². The van der Waals surface area contributed by atoms with Crippen molar-refractivity contribution in [1.82, 2.24) is 10.2 Å². The molecule has 1 saturated heterocycles. The highest BCUT2D eigenvalue weighted by Gasteiger charge is 2.45. The highest BCUT2D eigenvalue weighted by Crippen LogP contribution is 2.38. The molecule has 1 aromatic rings. The first kappa shape index (κ1) is 20.2. The summed E-state index contributed by atoms with van der Waals surface area (Å²) in [5.74, 6) is -1.69. The molecule has 122 valence electrons. The van der Waals surface area contributed by atoms with E-state index in [9.17, 15) is 17.6 Å². The van der Waals surface area contributed by atoms with E-state index in [0.717, 1.165) is 18.2 Å². The van der Waals surface area contributed by atoms with Gasteiger partial charge in [0.2, 0.25) is 0 Å². The van der Waals surface area contributed by atoms with Crippen molar-refractivity contribution in [2.75, 3.05) is 26.2 Å². The Bertz CT molecular complexity index is 453. The second kappa shape index (κ2) is 8.03. The molecule has 2 rings (SSSR count). The number of hydrogen-bond donors (Lipinski definition) is 2. The lowest BCUT2D eigenvalue weighted by molar-refractivity contribution is -0.187. The van der Waals surface area contributed by atoms with Crippen molar-refractivity contribution in [2.24, 2.45) is 0 Å². The van der Waals surface area contributed by atoms with Gasteiger partial charge in [0, 0.05) is 26.2 Å². The minimum atomic E-state index is -4.49. The van der Waals surface area contributed by atoms with E-state index in [-0.39, 0.29) is 43.5 Å². The van der Waals surface area contributed by atoms with Crippen LogP contribution in [0.25, 0.3) is 0 Å². The topological polar surface area (TPSA) is 35.5 Å². The Hall–Kier alpha value is -0.760. The molecule has 0 bridgehead atoms. The first-order valence-electron chi connectivity index (χ1n) is 5.89. The van der Waals surface area contributed by atoms with Crippen molar-refractivity contribution in [1.29, 1.82) is 0 Å². The van der Waals surface area contributed by atoms with Gasteiger partial charge in [-0.3, -0.25) is 4.90 Å². The van der Waals surface area contributed by atoms with E-state index in [4.69, 9.17) is 5.11 Å². The van der Waals surface area contributed by atoms with Crippen molar-refractivity contribution in [3.8, 4) is 5.75 Å². The summed E-state index contributed by atoms with van der Waals surface area (Å²) in [5.41, 5.74) is -0.190. The first-order chi connectivity index (χ1) is 8.89. The van der Waals surface area contributed by atoms with Crippen LogP contribution in [0, 0.1) is 5.82 Å². The van der Waals surface area contributed by atoms with E-state index in [1.165, 1.54) is 4.90 Å². The fourth-order valence-electron chi connectivity index (χ4n) is 2.24. The van der Waals surface area contributed by atoms with Gasteiger partial charge in [0.05, 0.1) is 0 Å². The summed E-state index contributed by atoms with van der Waals surface area (Å²) in [6, 6.07) is 0.962. The normalized spacial score (nSPS) is 17.5. The molecule has 0 unspecified atom stereocenters. The second-order valence-electron chi connectivity index (χ2n) is 4.44. The number of halogens is 6. The molecule has 9 heteroatoms. The molecule has 0 radical (unpaired) electrons. The summed E-state index contributed by atoms with van der Waals surface area (Å²) >= 11 is 0. The van der Waals surface area contributed by atoms with Gasteiger partial charge in [0.1, 0.15) is 6.04 Å². The molecule has 0 aliphatic carbocycles. The molecule has 0 amide bonds. The van der Waals surface area contributed by atoms with Crippen molar-refractivity contribution in [2.45, 2.75) is 12.2 Å².